The first-order valence-corrected chi connectivity index (χ1v) is 7.07. The molecule has 23 heavy (non-hydrogen) atoms. The maximum atomic E-state index is 11.6. The summed E-state index contributed by atoms with van der Waals surface area (Å²) in [5.74, 6) is 1.79. The van der Waals surface area contributed by atoms with Gasteiger partial charge in [0.05, 0.1) is 0 Å². The van der Waals surface area contributed by atoms with E-state index in [9.17, 15) is 4.79 Å². The third-order valence-electron chi connectivity index (χ3n) is 3.20. The number of carbonyl (C=O) groups is 1. The molecule has 128 valence electrons. The minimum Gasteiger partial charge on any atom is -0.352 e. The highest BCUT2D eigenvalue weighted by Crippen LogP contribution is 2.08. The fourth-order valence-corrected chi connectivity index (χ4v) is 2.00. The van der Waals surface area contributed by atoms with E-state index in [1.165, 1.54) is 0 Å². The maximum absolute atomic E-state index is 11.6. The Labute approximate surface area is 148 Å². The molecular formula is C15H23Cl2N5O. The fraction of sp³-hybridized carbons (Fsp3) is 0.400. The summed E-state index contributed by atoms with van der Waals surface area (Å²) in [5.41, 5.74) is 0.985. The van der Waals surface area contributed by atoms with Crippen LogP contribution in [-0.2, 0) is 11.3 Å². The van der Waals surface area contributed by atoms with Crippen molar-refractivity contribution >= 4 is 30.7 Å². The zero-order valence-electron chi connectivity index (χ0n) is 13.3. The van der Waals surface area contributed by atoms with Crippen LogP contribution >= 0.6 is 24.8 Å². The van der Waals surface area contributed by atoms with E-state index in [-0.39, 0.29) is 30.7 Å². The van der Waals surface area contributed by atoms with Gasteiger partial charge in [-0.3, -0.25) is 9.36 Å². The van der Waals surface area contributed by atoms with Crippen LogP contribution in [0.5, 0.6) is 0 Å². The number of imidazole rings is 1. The summed E-state index contributed by atoms with van der Waals surface area (Å²) in [6.07, 6.45) is 6.79. The lowest BCUT2D eigenvalue weighted by Crippen LogP contribution is -2.23. The number of pyridine rings is 1. The summed E-state index contributed by atoms with van der Waals surface area (Å²) >= 11 is 0. The molecular weight excluding hydrogens is 337 g/mol. The number of nitrogens with zero attached hydrogens (tertiary/aromatic N) is 3. The smallest absolute Gasteiger partial charge is 0.220 e. The van der Waals surface area contributed by atoms with Crippen LogP contribution in [0.1, 0.15) is 24.2 Å². The van der Waals surface area contributed by atoms with E-state index in [1.54, 1.807) is 12.4 Å². The van der Waals surface area contributed by atoms with Crippen LogP contribution in [0.4, 0.5) is 0 Å². The van der Waals surface area contributed by atoms with E-state index in [1.807, 2.05) is 36.9 Å². The molecule has 2 N–H and O–H groups in total. The van der Waals surface area contributed by atoms with E-state index >= 15 is 0 Å². The second-order valence-electron chi connectivity index (χ2n) is 4.85. The zero-order valence-corrected chi connectivity index (χ0v) is 14.9. The van der Waals surface area contributed by atoms with Gasteiger partial charge in [-0.1, -0.05) is 6.07 Å². The molecule has 0 aromatic carbocycles. The van der Waals surface area contributed by atoms with Crippen LogP contribution in [0.2, 0.25) is 0 Å². The van der Waals surface area contributed by atoms with Crippen LogP contribution in [0.3, 0.4) is 0 Å². The Kier molecular flexibility index (Phi) is 10.2. The average Bonchev–Trinajstić information content (AvgIpc) is 2.92. The predicted octanol–water partition coefficient (Wildman–Crippen LogP) is 2.04. The first-order chi connectivity index (χ1) is 10.2. The monoisotopic (exact) mass is 359 g/mol. The number of halogens is 2. The number of rotatable bonds is 7. The van der Waals surface area contributed by atoms with Gasteiger partial charge < -0.3 is 10.6 Å². The Balaban J connectivity index is 0.00000242. The van der Waals surface area contributed by atoms with E-state index in [4.69, 9.17) is 0 Å². The van der Waals surface area contributed by atoms with Crippen LogP contribution in [0, 0.1) is 6.92 Å². The molecule has 2 aromatic rings. The van der Waals surface area contributed by atoms with Gasteiger partial charge in [0.1, 0.15) is 11.6 Å². The zero-order chi connectivity index (χ0) is 15.1. The molecule has 0 unspecified atom stereocenters. The summed E-state index contributed by atoms with van der Waals surface area (Å²) in [6.45, 7) is 3.30. The van der Waals surface area contributed by atoms with Gasteiger partial charge in [-0.2, -0.15) is 0 Å². The van der Waals surface area contributed by atoms with Crippen LogP contribution in [0.25, 0.3) is 5.82 Å². The largest absolute Gasteiger partial charge is 0.352 e. The summed E-state index contributed by atoms with van der Waals surface area (Å²) in [6, 6.07) is 3.90. The Morgan fingerprint density at radius 1 is 1.26 bits per heavy atom. The lowest BCUT2D eigenvalue weighted by molar-refractivity contribution is -0.121. The van der Waals surface area contributed by atoms with Gasteiger partial charge in [0.15, 0.2) is 0 Å². The number of aryl methyl sites for hydroxylation is 1. The van der Waals surface area contributed by atoms with Gasteiger partial charge in [0.25, 0.3) is 0 Å². The molecule has 0 aliphatic carbocycles. The van der Waals surface area contributed by atoms with Gasteiger partial charge in [0.2, 0.25) is 5.91 Å². The summed E-state index contributed by atoms with van der Waals surface area (Å²) in [7, 11) is 1.88. The molecule has 6 nitrogen and oxygen atoms in total. The van der Waals surface area contributed by atoms with Gasteiger partial charge >= 0.3 is 0 Å². The van der Waals surface area contributed by atoms with E-state index in [0.717, 1.165) is 30.2 Å². The van der Waals surface area contributed by atoms with Gasteiger partial charge in [-0.05, 0) is 38.6 Å². The van der Waals surface area contributed by atoms with Crippen molar-refractivity contribution in [2.24, 2.45) is 0 Å². The summed E-state index contributed by atoms with van der Waals surface area (Å²) < 4.78 is 1.92. The number of aromatic nitrogens is 3. The van der Waals surface area contributed by atoms with Crippen molar-refractivity contribution in [2.45, 2.75) is 26.3 Å². The van der Waals surface area contributed by atoms with Crippen LogP contribution in [0.15, 0.2) is 30.7 Å². The number of carbonyl (C=O) groups excluding carboxylic acids is 1. The van der Waals surface area contributed by atoms with Crippen molar-refractivity contribution in [1.29, 1.82) is 0 Å². The Morgan fingerprint density at radius 2 is 2.04 bits per heavy atom. The second kappa shape index (κ2) is 11.0. The van der Waals surface area contributed by atoms with Gasteiger partial charge in [-0.25, -0.2) is 9.97 Å². The summed E-state index contributed by atoms with van der Waals surface area (Å²) in [4.78, 5) is 20.2. The molecule has 1 amide bonds. The van der Waals surface area contributed by atoms with Crippen molar-refractivity contribution in [3.05, 3.63) is 42.1 Å². The normalized spacial score (nSPS) is 9.65. The van der Waals surface area contributed by atoms with Crippen LogP contribution < -0.4 is 10.6 Å². The Morgan fingerprint density at radius 3 is 2.61 bits per heavy atom. The molecule has 0 atom stereocenters. The van der Waals surface area contributed by atoms with Gasteiger partial charge in [0, 0.05) is 31.6 Å². The lowest BCUT2D eigenvalue weighted by atomic mass is 10.2. The quantitative estimate of drug-likeness (QED) is 0.742. The molecule has 0 aliphatic heterocycles. The topological polar surface area (TPSA) is 71.8 Å². The van der Waals surface area contributed by atoms with Crippen LogP contribution in [-0.4, -0.2) is 34.0 Å². The SMILES string of the molecule is CNCCCC(=O)NCc1ccc(-n2ccnc2C)nc1.Cl.Cl. The minimum atomic E-state index is 0. The highest BCUT2D eigenvalue weighted by atomic mass is 35.5. The molecule has 2 aromatic heterocycles. The van der Waals surface area contributed by atoms with E-state index in [0.29, 0.717) is 13.0 Å². The number of nitrogens with one attached hydrogen (secondary N) is 2. The van der Waals surface area contributed by atoms with Crippen molar-refractivity contribution < 1.29 is 4.79 Å². The average molecular weight is 360 g/mol. The second-order valence-corrected chi connectivity index (χ2v) is 4.85. The standard InChI is InChI=1S/C15H21N5O.2ClH/c1-12-17-8-9-20(12)14-6-5-13(10-18-14)11-19-15(21)4-3-7-16-2;;/h5-6,8-10,16H,3-4,7,11H2,1-2H3,(H,19,21);2*1H. The first-order valence-electron chi connectivity index (χ1n) is 7.07. The molecule has 8 heteroatoms. The molecule has 0 saturated heterocycles. The number of amides is 1. The molecule has 2 rings (SSSR count). The van der Waals surface area contributed by atoms with E-state index in [2.05, 4.69) is 20.6 Å². The number of hydrogen-bond acceptors (Lipinski definition) is 4. The lowest BCUT2D eigenvalue weighted by Gasteiger charge is -2.07. The van der Waals surface area contributed by atoms with Gasteiger partial charge in [-0.15, -0.1) is 24.8 Å². The van der Waals surface area contributed by atoms with Crippen molar-refractivity contribution in [2.75, 3.05) is 13.6 Å². The molecule has 0 fully saturated rings. The maximum Gasteiger partial charge on any atom is 0.220 e. The highest BCUT2D eigenvalue weighted by molar-refractivity contribution is 5.85. The highest BCUT2D eigenvalue weighted by Gasteiger charge is 2.03. The van der Waals surface area contributed by atoms with E-state index < -0.39 is 0 Å². The summed E-state index contributed by atoms with van der Waals surface area (Å²) in [5, 5.41) is 5.92. The molecule has 2 heterocycles. The third-order valence-corrected chi connectivity index (χ3v) is 3.20. The molecule has 0 spiro atoms. The van der Waals surface area contributed by atoms with Crippen molar-refractivity contribution in [3.8, 4) is 5.82 Å². The Hall–Kier alpha value is -1.63. The minimum absolute atomic E-state index is 0. The van der Waals surface area contributed by atoms with Crippen molar-refractivity contribution in [3.63, 3.8) is 0 Å². The molecule has 0 bridgehead atoms. The Bertz CT molecular complexity index is 586. The first kappa shape index (κ1) is 21.4. The predicted molar refractivity (Wildman–Crippen MR) is 95.6 cm³/mol. The molecule has 0 saturated carbocycles. The number of hydrogen-bond donors (Lipinski definition) is 2. The molecule has 0 radical (unpaired) electrons. The fourth-order valence-electron chi connectivity index (χ4n) is 2.00. The third kappa shape index (κ3) is 6.56. The van der Waals surface area contributed by atoms with Crippen molar-refractivity contribution in [1.82, 2.24) is 25.2 Å². The molecule has 0 aliphatic rings.